The zero-order valence-electron chi connectivity index (χ0n) is 15.5. The van der Waals surface area contributed by atoms with E-state index in [4.69, 9.17) is 4.74 Å². The number of ether oxygens (including phenoxy) is 1. The number of para-hydroxylation sites is 1. The number of carbonyl (C=O) groups is 1. The van der Waals surface area contributed by atoms with E-state index in [1.165, 1.54) is 0 Å². The van der Waals surface area contributed by atoms with Gasteiger partial charge in [0.2, 0.25) is 0 Å². The number of rotatable bonds is 4. The molecule has 1 amide bonds. The van der Waals surface area contributed by atoms with Crippen LogP contribution in [0.3, 0.4) is 0 Å². The largest absolute Gasteiger partial charge is 0.493 e. The molecule has 0 fully saturated rings. The molecule has 30 heavy (non-hydrogen) atoms. The van der Waals surface area contributed by atoms with Crippen LogP contribution in [0.4, 0.5) is 17.6 Å². The van der Waals surface area contributed by atoms with Gasteiger partial charge in [-0.1, -0.05) is 23.4 Å². The van der Waals surface area contributed by atoms with Crippen LogP contribution in [-0.4, -0.2) is 34.1 Å². The van der Waals surface area contributed by atoms with Gasteiger partial charge in [-0.15, -0.1) is 5.10 Å². The van der Waals surface area contributed by atoms with Crippen molar-refractivity contribution in [1.29, 1.82) is 0 Å². The lowest BCUT2D eigenvalue weighted by atomic mass is 9.97. The number of hydrogen-bond acceptors (Lipinski definition) is 4. The van der Waals surface area contributed by atoms with Crippen LogP contribution in [0, 0.1) is 11.7 Å². The number of carbonyl (C=O) groups excluding carboxylic acids is 1. The van der Waals surface area contributed by atoms with E-state index in [1.54, 1.807) is 0 Å². The Kier molecular flexibility index (Phi) is 5.15. The molecule has 3 aromatic rings. The van der Waals surface area contributed by atoms with Crippen LogP contribution in [0.15, 0.2) is 48.5 Å². The van der Waals surface area contributed by atoms with Gasteiger partial charge in [-0.25, -0.2) is 9.07 Å². The molecule has 0 spiro atoms. The van der Waals surface area contributed by atoms with Crippen molar-refractivity contribution in [1.82, 2.24) is 20.3 Å². The van der Waals surface area contributed by atoms with E-state index in [1.807, 2.05) is 24.3 Å². The highest BCUT2D eigenvalue weighted by atomic mass is 19.4. The molecule has 0 saturated heterocycles. The average Bonchev–Trinajstić information content (AvgIpc) is 3.18. The highest BCUT2D eigenvalue weighted by Crippen LogP contribution is 2.33. The van der Waals surface area contributed by atoms with Crippen LogP contribution in [0.1, 0.15) is 21.7 Å². The molecule has 2 aromatic carbocycles. The third-order valence-corrected chi connectivity index (χ3v) is 4.73. The Labute approximate surface area is 168 Å². The topological polar surface area (TPSA) is 69.0 Å². The van der Waals surface area contributed by atoms with Gasteiger partial charge in [0.15, 0.2) is 11.4 Å². The first-order valence-corrected chi connectivity index (χ1v) is 9.10. The minimum Gasteiger partial charge on any atom is -0.493 e. The minimum atomic E-state index is -4.89. The number of nitrogens with zero attached hydrogens (tertiary/aromatic N) is 3. The maximum Gasteiger partial charge on any atom is 0.435 e. The zero-order chi connectivity index (χ0) is 21.3. The van der Waals surface area contributed by atoms with E-state index in [0.29, 0.717) is 17.7 Å². The van der Waals surface area contributed by atoms with E-state index in [2.05, 4.69) is 15.6 Å². The molecule has 1 aliphatic rings. The van der Waals surface area contributed by atoms with Crippen LogP contribution in [-0.2, 0) is 12.6 Å². The maximum absolute atomic E-state index is 13.7. The number of fused-ring (bicyclic) bond motifs is 1. The summed E-state index contributed by atoms with van der Waals surface area (Å²) in [7, 11) is 0. The molecule has 1 N–H and O–H groups in total. The number of amides is 1. The summed E-state index contributed by atoms with van der Waals surface area (Å²) in [5, 5.41) is 9.39. The Morgan fingerprint density at radius 3 is 2.63 bits per heavy atom. The van der Waals surface area contributed by atoms with Crippen LogP contribution in [0.25, 0.3) is 5.69 Å². The van der Waals surface area contributed by atoms with Crippen LogP contribution in [0.2, 0.25) is 0 Å². The summed E-state index contributed by atoms with van der Waals surface area (Å²) in [5.41, 5.74) is -1.26. The van der Waals surface area contributed by atoms with Gasteiger partial charge >= 0.3 is 6.18 Å². The molecular weight excluding hydrogens is 404 g/mol. The third kappa shape index (κ3) is 3.98. The second-order valence-electron chi connectivity index (χ2n) is 6.87. The van der Waals surface area contributed by atoms with E-state index in [9.17, 15) is 22.4 Å². The average molecular weight is 420 g/mol. The molecule has 1 aromatic heterocycles. The number of aromatic nitrogens is 3. The van der Waals surface area contributed by atoms with Crippen molar-refractivity contribution < 1.29 is 27.1 Å². The second kappa shape index (κ2) is 7.77. The van der Waals surface area contributed by atoms with Crippen molar-refractivity contribution in [2.24, 2.45) is 5.92 Å². The molecule has 1 unspecified atom stereocenters. The van der Waals surface area contributed by atoms with Crippen molar-refractivity contribution in [2.75, 3.05) is 13.2 Å². The monoisotopic (exact) mass is 420 g/mol. The van der Waals surface area contributed by atoms with E-state index >= 15 is 0 Å². The number of halogens is 4. The minimum absolute atomic E-state index is 0.0624. The van der Waals surface area contributed by atoms with Gasteiger partial charge in [-0.3, -0.25) is 4.79 Å². The van der Waals surface area contributed by atoms with Gasteiger partial charge in [0.05, 0.1) is 12.3 Å². The molecule has 0 aliphatic carbocycles. The van der Waals surface area contributed by atoms with Crippen molar-refractivity contribution in [3.05, 3.63) is 71.3 Å². The summed E-state index contributed by atoms with van der Waals surface area (Å²) in [4.78, 5) is 12.5. The molecule has 10 heteroatoms. The SMILES string of the molecule is O=C(NCC1COc2ccccc2C1)c1nnn(-c2ccc(F)cc2)c1C(F)(F)F. The summed E-state index contributed by atoms with van der Waals surface area (Å²) < 4.78 is 60.2. The van der Waals surface area contributed by atoms with Gasteiger partial charge in [0.1, 0.15) is 11.6 Å². The lowest BCUT2D eigenvalue weighted by Crippen LogP contribution is -2.35. The molecule has 4 rings (SSSR count). The number of alkyl halides is 3. The Balaban J connectivity index is 1.52. The Morgan fingerprint density at radius 1 is 1.17 bits per heavy atom. The fourth-order valence-electron chi connectivity index (χ4n) is 3.29. The smallest absolute Gasteiger partial charge is 0.435 e. The number of benzene rings is 2. The molecular formula is C20H16F4N4O2. The van der Waals surface area contributed by atoms with Crippen LogP contribution < -0.4 is 10.1 Å². The fourth-order valence-corrected chi connectivity index (χ4v) is 3.29. The number of nitrogens with one attached hydrogen (secondary N) is 1. The predicted octanol–water partition coefficient (Wildman–Crippen LogP) is 3.41. The fraction of sp³-hybridized carbons (Fsp3) is 0.250. The first kappa shape index (κ1) is 19.9. The standard InChI is InChI=1S/C20H16F4N4O2/c21-14-5-7-15(8-6-14)28-18(20(22,23)24)17(26-27-28)19(29)25-10-12-9-13-3-1-2-4-16(13)30-11-12/h1-8,12H,9-11H2,(H,25,29). The van der Waals surface area contributed by atoms with Crippen molar-refractivity contribution in [3.8, 4) is 11.4 Å². The third-order valence-electron chi connectivity index (χ3n) is 4.73. The quantitative estimate of drug-likeness (QED) is 0.657. The number of hydrogen-bond donors (Lipinski definition) is 1. The summed E-state index contributed by atoms with van der Waals surface area (Å²) in [6.07, 6.45) is -4.26. The van der Waals surface area contributed by atoms with Crippen molar-refractivity contribution in [2.45, 2.75) is 12.6 Å². The molecule has 2 heterocycles. The maximum atomic E-state index is 13.7. The Hall–Kier alpha value is -3.43. The zero-order valence-corrected chi connectivity index (χ0v) is 15.5. The Bertz CT molecular complexity index is 1060. The molecule has 0 radical (unpaired) electrons. The van der Waals surface area contributed by atoms with Gasteiger partial charge in [0, 0.05) is 12.5 Å². The first-order chi connectivity index (χ1) is 14.3. The lowest BCUT2D eigenvalue weighted by Gasteiger charge is -2.25. The van der Waals surface area contributed by atoms with Crippen LogP contribution >= 0.6 is 0 Å². The highest BCUT2D eigenvalue weighted by Gasteiger charge is 2.42. The summed E-state index contributed by atoms with van der Waals surface area (Å²) >= 11 is 0. The molecule has 1 atom stereocenters. The van der Waals surface area contributed by atoms with Crippen molar-refractivity contribution in [3.63, 3.8) is 0 Å². The Morgan fingerprint density at radius 2 is 1.90 bits per heavy atom. The molecule has 156 valence electrons. The van der Waals surface area contributed by atoms with Gasteiger partial charge in [-0.2, -0.15) is 13.2 Å². The van der Waals surface area contributed by atoms with Gasteiger partial charge < -0.3 is 10.1 Å². The van der Waals surface area contributed by atoms with Gasteiger partial charge in [0.25, 0.3) is 5.91 Å². The summed E-state index contributed by atoms with van der Waals surface area (Å²) in [6, 6.07) is 11.7. The molecule has 0 saturated carbocycles. The summed E-state index contributed by atoms with van der Waals surface area (Å²) in [6.45, 7) is 0.458. The second-order valence-corrected chi connectivity index (χ2v) is 6.87. The van der Waals surface area contributed by atoms with E-state index in [0.717, 1.165) is 35.6 Å². The normalized spacial score (nSPS) is 15.9. The molecule has 6 nitrogen and oxygen atoms in total. The predicted molar refractivity (Wildman–Crippen MR) is 97.8 cm³/mol. The van der Waals surface area contributed by atoms with E-state index in [-0.39, 0.29) is 18.2 Å². The first-order valence-electron chi connectivity index (χ1n) is 9.10. The van der Waals surface area contributed by atoms with Crippen LogP contribution in [0.5, 0.6) is 5.75 Å². The lowest BCUT2D eigenvalue weighted by molar-refractivity contribution is -0.143. The highest BCUT2D eigenvalue weighted by molar-refractivity contribution is 5.93. The van der Waals surface area contributed by atoms with E-state index < -0.39 is 29.3 Å². The van der Waals surface area contributed by atoms with Gasteiger partial charge in [-0.05, 0) is 42.3 Å². The molecule has 0 bridgehead atoms. The summed E-state index contributed by atoms with van der Waals surface area (Å²) in [5.74, 6) is -0.928. The molecule has 1 aliphatic heterocycles. The van der Waals surface area contributed by atoms with Crippen molar-refractivity contribution >= 4 is 5.91 Å².